The van der Waals surface area contributed by atoms with Crippen molar-refractivity contribution in [2.24, 2.45) is 13.0 Å². The minimum Gasteiger partial charge on any atom is -0.348 e. The summed E-state index contributed by atoms with van der Waals surface area (Å²) in [5.74, 6) is 0.723. The van der Waals surface area contributed by atoms with Gasteiger partial charge in [-0.25, -0.2) is 4.39 Å². The van der Waals surface area contributed by atoms with Crippen LogP contribution in [0.4, 0.5) is 4.39 Å². The molecule has 0 spiro atoms. The largest absolute Gasteiger partial charge is 0.348 e. The quantitative estimate of drug-likeness (QED) is 0.724. The molecule has 0 aliphatic heterocycles. The SMILES string of the molecule is Cc1c(CC2CC2)c2c(F)cccc2n1C. The molecule has 0 saturated heterocycles. The van der Waals surface area contributed by atoms with Crippen LogP contribution in [0, 0.1) is 18.7 Å². The lowest BCUT2D eigenvalue weighted by Gasteiger charge is -2.00. The van der Waals surface area contributed by atoms with E-state index >= 15 is 0 Å². The van der Waals surface area contributed by atoms with Gasteiger partial charge in [0.1, 0.15) is 5.82 Å². The highest BCUT2D eigenvalue weighted by Gasteiger charge is 2.25. The molecule has 1 aromatic heterocycles. The number of nitrogens with zero attached hydrogens (tertiary/aromatic N) is 1. The van der Waals surface area contributed by atoms with Gasteiger partial charge >= 0.3 is 0 Å². The van der Waals surface area contributed by atoms with Crippen LogP contribution < -0.4 is 0 Å². The Kier molecular flexibility index (Phi) is 2.06. The van der Waals surface area contributed by atoms with Crippen molar-refractivity contribution in [3.8, 4) is 0 Å². The lowest BCUT2D eigenvalue weighted by Crippen LogP contribution is -1.93. The zero-order valence-corrected chi connectivity index (χ0v) is 9.76. The molecule has 2 heteroatoms. The molecule has 0 bridgehead atoms. The summed E-state index contributed by atoms with van der Waals surface area (Å²) in [6.07, 6.45) is 3.67. The van der Waals surface area contributed by atoms with Gasteiger partial charge in [0.2, 0.25) is 0 Å². The average Bonchev–Trinajstić information content (AvgIpc) is 3.04. The Morgan fingerprint density at radius 3 is 2.81 bits per heavy atom. The molecule has 84 valence electrons. The second-order valence-electron chi connectivity index (χ2n) is 4.90. The van der Waals surface area contributed by atoms with Crippen molar-refractivity contribution < 1.29 is 4.39 Å². The van der Waals surface area contributed by atoms with Crippen molar-refractivity contribution in [2.75, 3.05) is 0 Å². The Morgan fingerprint density at radius 1 is 1.38 bits per heavy atom. The molecule has 3 rings (SSSR count). The van der Waals surface area contributed by atoms with Gasteiger partial charge in [0.05, 0.1) is 5.52 Å². The maximum Gasteiger partial charge on any atom is 0.132 e. The second kappa shape index (κ2) is 3.34. The van der Waals surface area contributed by atoms with E-state index in [9.17, 15) is 4.39 Å². The monoisotopic (exact) mass is 217 g/mol. The fourth-order valence-corrected chi connectivity index (χ4v) is 2.52. The van der Waals surface area contributed by atoms with Crippen molar-refractivity contribution in [3.63, 3.8) is 0 Å². The molecule has 0 radical (unpaired) electrons. The molecular formula is C14H16FN. The Morgan fingerprint density at radius 2 is 2.12 bits per heavy atom. The number of hydrogen-bond acceptors (Lipinski definition) is 0. The van der Waals surface area contributed by atoms with Gasteiger partial charge in [-0.1, -0.05) is 6.07 Å². The first-order chi connectivity index (χ1) is 7.68. The van der Waals surface area contributed by atoms with Gasteiger partial charge in [-0.2, -0.15) is 0 Å². The zero-order chi connectivity index (χ0) is 11.3. The number of aromatic nitrogens is 1. The first kappa shape index (κ1) is 9.88. The topological polar surface area (TPSA) is 4.93 Å². The number of benzene rings is 1. The third kappa shape index (κ3) is 1.36. The summed E-state index contributed by atoms with van der Waals surface area (Å²) in [5, 5.41) is 0.842. The van der Waals surface area contributed by atoms with E-state index in [2.05, 4.69) is 11.5 Å². The minimum absolute atomic E-state index is 0.0724. The lowest BCUT2D eigenvalue weighted by atomic mass is 10.0. The van der Waals surface area contributed by atoms with Crippen LogP contribution in [0.5, 0.6) is 0 Å². The van der Waals surface area contributed by atoms with Crippen molar-refractivity contribution in [3.05, 3.63) is 35.3 Å². The Balaban J connectivity index is 2.27. The van der Waals surface area contributed by atoms with E-state index in [-0.39, 0.29) is 5.82 Å². The summed E-state index contributed by atoms with van der Waals surface area (Å²) in [5.41, 5.74) is 3.46. The molecule has 1 aromatic carbocycles. The van der Waals surface area contributed by atoms with Gasteiger partial charge in [-0.3, -0.25) is 0 Å². The van der Waals surface area contributed by atoms with Crippen LogP contribution in [0.1, 0.15) is 24.1 Å². The Bertz CT molecular complexity index is 549. The molecule has 1 nitrogen and oxygen atoms in total. The molecule has 1 fully saturated rings. The fraction of sp³-hybridized carbons (Fsp3) is 0.429. The third-order valence-electron chi connectivity index (χ3n) is 3.78. The maximum atomic E-state index is 13.9. The molecule has 1 heterocycles. The van der Waals surface area contributed by atoms with Gasteiger partial charge < -0.3 is 4.57 Å². The van der Waals surface area contributed by atoms with E-state index in [1.165, 1.54) is 24.1 Å². The predicted molar refractivity (Wildman–Crippen MR) is 64.0 cm³/mol. The van der Waals surface area contributed by atoms with Crippen LogP contribution in [0.2, 0.25) is 0 Å². The van der Waals surface area contributed by atoms with E-state index in [1.54, 1.807) is 12.1 Å². The van der Waals surface area contributed by atoms with E-state index in [0.29, 0.717) is 0 Å². The molecule has 1 aliphatic rings. The van der Waals surface area contributed by atoms with E-state index in [1.807, 2.05) is 13.1 Å². The van der Waals surface area contributed by atoms with Gasteiger partial charge in [0.15, 0.2) is 0 Å². The molecule has 0 N–H and O–H groups in total. The van der Waals surface area contributed by atoms with E-state index in [0.717, 1.165) is 23.2 Å². The number of hydrogen-bond donors (Lipinski definition) is 0. The first-order valence-electron chi connectivity index (χ1n) is 5.91. The highest BCUT2D eigenvalue weighted by Crippen LogP contribution is 2.37. The Hall–Kier alpha value is -1.31. The van der Waals surface area contributed by atoms with E-state index in [4.69, 9.17) is 0 Å². The van der Waals surface area contributed by atoms with Crippen molar-refractivity contribution in [1.82, 2.24) is 4.57 Å². The van der Waals surface area contributed by atoms with Crippen LogP contribution in [0.25, 0.3) is 10.9 Å². The van der Waals surface area contributed by atoms with Gasteiger partial charge in [0, 0.05) is 18.1 Å². The number of halogens is 1. The van der Waals surface area contributed by atoms with Gasteiger partial charge in [-0.05, 0) is 49.8 Å². The molecule has 0 amide bonds. The highest BCUT2D eigenvalue weighted by molar-refractivity contribution is 5.86. The summed E-state index contributed by atoms with van der Waals surface area (Å²) in [6.45, 7) is 2.09. The number of rotatable bonds is 2. The van der Waals surface area contributed by atoms with Crippen molar-refractivity contribution in [2.45, 2.75) is 26.2 Å². The summed E-state index contributed by atoms with van der Waals surface area (Å²) in [6, 6.07) is 5.36. The van der Waals surface area contributed by atoms with Crippen molar-refractivity contribution in [1.29, 1.82) is 0 Å². The molecule has 1 aliphatic carbocycles. The predicted octanol–water partition coefficient (Wildman–Crippen LogP) is 3.58. The molecular weight excluding hydrogens is 201 g/mol. The van der Waals surface area contributed by atoms with Gasteiger partial charge in [0.25, 0.3) is 0 Å². The van der Waals surface area contributed by atoms with Crippen LogP contribution >= 0.6 is 0 Å². The smallest absolute Gasteiger partial charge is 0.132 e. The zero-order valence-electron chi connectivity index (χ0n) is 9.76. The second-order valence-corrected chi connectivity index (χ2v) is 4.90. The molecule has 2 aromatic rings. The van der Waals surface area contributed by atoms with Crippen LogP contribution in [-0.4, -0.2) is 4.57 Å². The summed E-state index contributed by atoms with van der Waals surface area (Å²) in [7, 11) is 2.02. The molecule has 1 saturated carbocycles. The maximum absolute atomic E-state index is 13.9. The average molecular weight is 217 g/mol. The van der Waals surface area contributed by atoms with E-state index < -0.39 is 0 Å². The molecule has 0 atom stereocenters. The number of aryl methyl sites for hydroxylation is 1. The highest BCUT2D eigenvalue weighted by atomic mass is 19.1. The third-order valence-corrected chi connectivity index (χ3v) is 3.78. The van der Waals surface area contributed by atoms with Crippen LogP contribution in [0.3, 0.4) is 0 Å². The standard InChI is InChI=1S/C14H16FN/c1-9-11(8-10-6-7-10)14-12(15)4-3-5-13(14)16(9)2/h3-5,10H,6-8H2,1-2H3. The molecule has 16 heavy (non-hydrogen) atoms. The molecule has 0 unspecified atom stereocenters. The summed E-state index contributed by atoms with van der Waals surface area (Å²) in [4.78, 5) is 0. The Labute approximate surface area is 94.9 Å². The first-order valence-corrected chi connectivity index (χ1v) is 5.91. The normalized spacial score (nSPS) is 15.9. The summed E-state index contributed by atoms with van der Waals surface area (Å²) >= 11 is 0. The fourth-order valence-electron chi connectivity index (χ4n) is 2.52. The number of fused-ring (bicyclic) bond motifs is 1. The van der Waals surface area contributed by atoms with Crippen LogP contribution in [-0.2, 0) is 13.5 Å². The van der Waals surface area contributed by atoms with Crippen molar-refractivity contribution >= 4 is 10.9 Å². The van der Waals surface area contributed by atoms with Gasteiger partial charge in [-0.15, -0.1) is 0 Å². The summed E-state index contributed by atoms with van der Waals surface area (Å²) < 4.78 is 16.0. The lowest BCUT2D eigenvalue weighted by molar-refractivity contribution is 0.638. The van der Waals surface area contributed by atoms with Crippen LogP contribution in [0.15, 0.2) is 18.2 Å². The minimum atomic E-state index is -0.0724.